The van der Waals surface area contributed by atoms with E-state index in [1.165, 1.54) is 18.2 Å². The number of aryl methyl sites for hydroxylation is 2. The fourth-order valence-electron chi connectivity index (χ4n) is 2.06. The molecule has 2 aromatic carbocycles. The van der Waals surface area contributed by atoms with Crippen molar-refractivity contribution in [3.8, 4) is 11.5 Å². The minimum atomic E-state index is -0.587. The molecule has 0 aliphatic rings. The van der Waals surface area contributed by atoms with E-state index in [0.29, 0.717) is 17.8 Å². The molecule has 0 aliphatic heterocycles. The molecule has 0 N–H and O–H groups in total. The number of carbonyl (C=O) groups is 1. The van der Waals surface area contributed by atoms with Crippen LogP contribution in [0.1, 0.15) is 27.0 Å². The van der Waals surface area contributed by atoms with Crippen molar-refractivity contribution in [3.63, 3.8) is 0 Å². The molecular formula is C16H15NO4. The Hall–Kier alpha value is -2.69. The van der Waals surface area contributed by atoms with Gasteiger partial charge in [0.1, 0.15) is 11.5 Å². The predicted octanol–water partition coefficient (Wildman–Crippen LogP) is 4.12. The molecule has 108 valence electrons. The summed E-state index contributed by atoms with van der Waals surface area (Å²) < 4.78 is 5.82. The molecule has 0 spiro atoms. The highest BCUT2D eigenvalue weighted by Crippen LogP contribution is 2.32. The molecule has 0 atom stereocenters. The Kier molecular flexibility index (Phi) is 4.03. The summed E-state index contributed by atoms with van der Waals surface area (Å²) in [7, 11) is 0. The number of hydrogen-bond donors (Lipinski definition) is 0. The average Bonchev–Trinajstić information content (AvgIpc) is 2.47. The number of hydrogen-bond acceptors (Lipinski definition) is 4. The van der Waals surface area contributed by atoms with E-state index in [1.807, 2.05) is 32.9 Å². The number of nitrogens with zero attached hydrogens (tertiary/aromatic N) is 1. The van der Waals surface area contributed by atoms with Crippen molar-refractivity contribution in [2.24, 2.45) is 0 Å². The molecule has 0 heterocycles. The average molecular weight is 285 g/mol. The van der Waals surface area contributed by atoms with E-state index < -0.39 is 4.92 Å². The largest absolute Gasteiger partial charge is 0.457 e. The number of rotatable bonds is 4. The van der Waals surface area contributed by atoms with E-state index in [9.17, 15) is 14.9 Å². The summed E-state index contributed by atoms with van der Waals surface area (Å²) in [5.41, 5.74) is 2.83. The van der Waals surface area contributed by atoms with Crippen LogP contribution in [0.25, 0.3) is 0 Å². The Morgan fingerprint density at radius 3 is 2.38 bits per heavy atom. The third-order valence-electron chi connectivity index (χ3n) is 3.42. The normalized spacial score (nSPS) is 10.2. The molecule has 0 saturated carbocycles. The quantitative estimate of drug-likeness (QED) is 0.481. The maximum atomic E-state index is 11.0. The van der Waals surface area contributed by atoms with Crippen LogP contribution in [0.5, 0.6) is 11.5 Å². The zero-order chi connectivity index (χ0) is 15.6. The first kappa shape index (κ1) is 14.7. The molecule has 0 fully saturated rings. The molecule has 0 saturated heterocycles. The summed E-state index contributed by atoms with van der Waals surface area (Å²) in [5.74, 6) is 1.11. The molecule has 0 aliphatic carbocycles. The van der Waals surface area contributed by atoms with E-state index in [2.05, 4.69) is 0 Å². The highest BCUT2D eigenvalue weighted by atomic mass is 16.6. The molecular weight excluding hydrogens is 270 g/mol. The van der Waals surface area contributed by atoms with Crippen LogP contribution in [0.15, 0.2) is 30.3 Å². The number of nitro groups is 1. The Morgan fingerprint density at radius 1 is 1.10 bits per heavy atom. The van der Waals surface area contributed by atoms with Gasteiger partial charge in [-0.25, -0.2) is 0 Å². The minimum Gasteiger partial charge on any atom is -0.457 e. The molecule has 5 heteroatoms. The molecule has 0 bridgehead atoms. The first-order chi connectivity index (χ1) is 9.93. The zero-order valence-corrected chi connectivity index (χ0v) is 12.0. The number of benzene rings is 2. The van der Waals surface area contributed by atoms with E-state index in [-0.39, 0.29) is 11.3 Å². The van der Waals surface area contributed by atoms with Gasteiger partial charge in [0.25, 0.3) is 5.69 Å². The van der Waals surface area contributed by atoms with Gasteiger partial charge in [0, 0.05) is 6.07 Å². The molecule has 0 amide bonds. The monoisotopic (exact) mass is 285 g/mol. The second-order valence-corrected chi connectivity index (χ2v) is 4.85. The maximum Gasteiger partial charge on any atom is 0.280 e. The van der Waals surface area contributed by atoms with Crippen LogP contribution in [0, 0.1) is 30.9 Å². The number of aldehydes is 1. The van der Waals surface area contributed by atoms with Crippen LogP contribution in [0.4, 0.5) is 5.69 Å². The van der Waals surface area contributed by atoms with Crippen LogP contribution in [0.2, 0.25) is 0 Å². The first-order valence-electron chi connectivity index (χ1n) is 6.42. The fourth-order valence-corrected chi connectivity index (χ4v) is 2.06. The van der Waals surface area contributed by atoms with Gasteiger partial charge in [0.15, 0.2) is 6.29 Å². The highest BCUT2D eigenvalue weighted by Gasteiger charge is 2.15. The molecule has 0 radical (unpaired) electrons. The van der Waals surface area contributed by atoms with Crippen molar-refractivity contribution < 1.29 is 14.5 Å². The van der Waals surface area contributed by atoms with Gasteiger partial charge in [-0.1, -0.05) is 12.1 Å². The van der Waals surface area contributed by atoms with E-state index in [1.54, 1.807) is 0 Å². The van der Waals surface area contributed by atoms with Crippen LogP contribution >= 0.6 is 0 Å². The van der Waals surface area contributed by atoms with Crippen molar-refractivity contribution >= 4 is 12.0 Å². The minimum absolute atomic E-state index is 0.000425. The molecule has 0 unspecified atom stereocenters. The zero-order valence-electron chi connectivity index (χ0n) is 12.0. The van der Waals surface area contributed by atoms with E-state index in [4.69, 9.17) is 4.74 Å². The lowest BCUT2D eigenvalue weighted by atomic mass is 10.1. The van der Waals surface area contributed by atoms with Crippen LogP contribution < -0.4 is 4.74 Å². The second kappa shape index (κ2) is 5.75. The number of carbonyl (C=O) groups excluding carboxylic acids is 1. The Bertz CT molecular complexity index is 722. The van der Waals surface area contributed by atoms with Gasteiger partial charge < -0.3 is 4.74 Å². The summed E-state index contributed by atoms with van der Waals surface area (Å²) in [6.07, 6.45) is 0.459. The van der Waals surface area contributed by atoms with Crippen LogP contribution in [-0.2, 0) is 0 Å². The SMILES string of the molecule is Cc1ccc(C)c(Oc2ccc([N+](=O)[O-])c(C=O)c2)c1C. The predicted molar refractivity (Wildman–Crippen MR) is 79.2 cm³/mol. The summed E-state index contributed by atoms with van der Waals surface area (Å²) in [6.45, 7) is 5.85. The van der Waals surface area contributed by atoms with Gasteiger partial charge in [-0.05, 0) is 49.6 Å². The Balaban J connectivity index is 2.44. The smallest absolute Gasteiger partial charge is 0.280 e. The fraction of sp³-hybridized carbons (Fsp3) is 0.188. The summed E-state index contributed by atoms with van der Waals surface area (Å²) in [4.78, 5) is 21.2. The summed E-state index contributed by atoms with van der Waals surface area (Å²) >= 11 is 0. The maximum absolute atomic E-state index is 11.0. The van der Waals surface area contributed by atoms with Gasteiger partial charge in [-0.3, -0.25) is 14.9 Å². The van der Waals surface area contributed by atoms with Crippen molar-refractivity contribution in [2.75, 3.05) is 0 Å². The van der Waals surface area contributed by atoms with E-state index >= 15 is 0 Å². The number of nitro benzene ring substituents is 1. The Morgan fingerprint density at radius 2 is 1.76 bits per heavy atom. The molecule has 21 heavy (non-hydrogen) atoms. The van der Waals surface area contributed by atoms with Gasteiger partial charge in [0.2, 0.25) is 0 Å². The van der Waals surface area contributed by atoms with Crippen molar-refractivity contribution in [3.05, 3.63) is 62.7 Å². The Labute approximate surface area is 122 Å². The number of ether oxygens (including phenoxy) is 1. The third kappa shape index (κ3) is 2.91. The lowest BCUT2D eigenvalue weighted by molar-refractivity contribution is -0.385. The lowest BCUT2D eigenvalue weighted by Crippen LogP contribution is -1.97. The third-order valence-corrected chi connectivity index (χ3v) is 3.42. The molecule has 2 aromatic rings. The van der Waals surface area contributed by atoms with Crippen molar-refractivity contribution in [1.82, 2.24) is 0 Å². The topological polar surface area (TPSA) is 69.4 Å². The molecule has 2 rings (SSSR count). The highest BCUT2D eigenvalue weighted by molar-refractivity contribution is 5.82. The first-order valence-corrected chi connectivity index (χ1v) is 6.42. The summed E-state index contributed by atoms with van der Waals surface area (Å²) in [6, 6.07) is 8.10. The van der Waals surface area contributed by atoms with Crippen LogP contribution in [0.3, 0.4) is 0 Å². The molecule has 0 aromatic heterocycles. The van der Waals surface area contributed by atoms with Gasteiger partial charge in [-0.2, -0.15) is 0 Å². The standard InChI is InChI=1S/C16H15NO4/c1-10-4-5-11(2)16(12(10)3)21-14-6-7-15(17(19)20)13(8-14)9-18/h4-9H,1-3H3. The molecule has 5 nitrogen and oxygen atoms in total. The van der Waals surface area contributed by atoms with Crippen LogP contribution in [-0.4, -0.2) is 11.2 Å². The van der Waals surface area contributed by atoms with Gasteiger partial charge >= 0.3 is 0 Å². The van der Waals surface area contributed by atoms with Gasteiger partial charge in [0.05, 0.1) is 10.5 Å². The lowest BCUT2D eigenvalue weighted by Gasteiger charge is -2.13. The van der Waals surface area contributed by atoms with Crippen molar-refractivity contribution in [1.29, 1.82) is 0 Å². The second-order valence-electron chi connectivity index (χ2n) is 4.85. The summed E-state index contributed by atoms with van der Waals surface area (Å²) in [5, 5.41) is 10.8. The van der Waals surface area contributed by atoms with Gasteiger partial charge in [-0.15, -0.1) is 0 Å². The van der Waals surface area contributed by atoms with Crippen molar-refractivity contribution in [2.45, 2.75) is 20.8 Å². The van der Waals surface area contributed by atoms with E-state index in [0.717, 1.165) is 16.7 Å².